The number of phenols is 1. The Morgan fingerprint density at radius 2 is 1.86 bits per heavy atom. The predicted octanol–water partition coefficient (Wildman–Crippen LogP) is 4.21. The van der Waals surface area contributed by atoms with Crippen molar-refractivity contribution in [3.05, 3.63) is 57.6 Å². The Bertz CT molecular complexity index is 1080. The van der Waals surface area contributed by atoms with Gasteiger partial charge >= 0.3 is 5.76 Å². The van der Waals surface area contributed by atoms with Gasteiger partial charge in [0.15, 0.2) is 5.58 Å². The molecule has 148 valence electrons. The standard InChI is InChI=1S/C22H26N2O4/c1-21(2,3)15-8-6-13(18-19(15)28-20(27)24-18)11-22(4,5)14-7-9-17(26)16(10-14)23-12-25/h6-10,12,26H,11H2,1-5H3,(H,23,25)(H,24,27). The van der Waals surface area contributed by atoms with Gasteiger partial charge in [-0.15, -0.1) is 0 Å². The van der Waals surface area contributed by atoms with Crippen LogP contribution >= 0.6 is 0 Å². The summed E-state index contributed by atoms with van der Waals surface area (Å²) in [5.41, 5.74) is 4.10. The number of carbonyl (C=O) groups excluding carboxylic acids is 1. The number of rotatable bonds is 5. The Hall–Kier alpha value is -3.02. The molecular weight excluding hydrogens is 356 g/mol. The maximum absolute atomic E-state index is 11.9. The van der Waals surface area contributed by atoms with Crippen molar-refractivity contribution in [2.24, 2.45) is 0 Å². The third-order valence-corrected chi connectivity index (χ3v) is 5.10. The largest absolute Gasteiger partial charge is 0.506 e. The van der Waals surface area contributed by atoms with E-state index in [0.29, 0.717) is 24.1 Å². The molecule has 28 heavy (non-hydrogen) atoms. The Kier molecular flexibility index (Phi) is 4.83. The van der Waals surface area contributed by atoms with Gasteiger partial charge in [-0.1, -0.05) is 52.8 Å². The highest BCUT2D eigenvalue weighted by atomic mass is 16.4. The van der Waals surface area contributed by atoms with Gasteiger partial charge < -0.3 is 14.8 Å². The molecule has 1 aromatic heterocycles. The predicted molar refractivity (Wildman–Crippen MR) is 110 cm³/mol. The van der Waals surface area contributed by atoms with Crippen LogP contribution in [0.4, 0.5) is 5.69 Å². The van der Waals surface area contributed by atoms with E-state index in [0.717, 1.165) is 22.2 Å². The Labute approximate surface area is 163 Å². The second-order valence-electron chi connectivity index (χ2n) is 8.80. The molecule has 6 heteroatoms. The van der Waals surface area contributed by atoms with Crippen molar-refractivity contribution in [2.45, 2.75) is 51.9 Å². The van der Waals surface area contributed by atoms with Crippen LogP contribution in [0.15, 0.2) is 39.5 Å². The Morgan fingerprint density at radius 1 is 1.14 bits per heavy atom. The number of oxazole rings is 1. The maximum atomic E-state index is 11.9. The molecule has 1 heterocycles. The number of H-pyrrole nitrogens is 1. The molecule has 0 radical (unpaired) electrons. The average Bonchev–Trinajstić information content (AvgIpc) is 2.97. The van der Waals surface area contributed by atoms with Crippen LogP contribution in [0.25, 0.3) is 11.1 Å². The number of aromatic hydroxyl groups is 1. The van der Waals surface area contributed by atoms with Gasteiger partial charge in [0.05, 0.1) is 11.2 Å². The number of aromatic nitrogens is 1. The van der Waals surface area contributed by atoms with Crippen LogP contribution in [0.2, 0.25) is 0 Å². The summed E-state index contributed by atoms with van der Waals surface area (Å²) in [6.45, 7) is 10.4. The highest BCUT2D eigenvalue weighted by Gasteiger charge is 2.26. The summed E-state index contributed by atoms with van der Waals surface area (Å²) in [6.07, 6.45) is 1.17. The molecule has 0 saturated carbocycles. The zero-order valence-electron chi connectivity index (χ0n) is 16.8. The minimum atomic E-state index is -0.465. The molecule has 0 aliphatic rings. The van der Waals surface area contributed by atoms with E-state index < -0.39 is 5.76 Å². The fourth-order valence-corrected chi connectivity index (χ4v) is 3.54. The van der Waals surface area contributed by atoms with Crippen molar-refractivity contribution in [3.8, 4) is 5.75 Å². The minimum absolute atomic E-state index is 0.0164. The summed E-state index contributed by atoms with van der Waals surface area (Å²) in [4.78, 5) is 25.5. The van der Waals surface area contributed by atoms with Crippen molar-refractivity contribution < 1.29 is 14.3 Å². The topological polar surface area (TPSA) is 95.3 Å². The second kappa shape index (κ2) is 6.86. The fraction of sp³-hybridized carbons (Fsp3) is 0.364. The van der Waals surface area contributed by atoms with E-state index in [2.05, 4.69) is 44.9 Å². The van der Waals surface area contributed by atoms with Crippen LogP contribution in [0.3, 0.4) is 0 Å². The fourth-order valence-electron chi connectivity index (χ4n) is 3.54. The van der Waals surface area contributed by atoms with Crippen LogP contribution < -0.4 is 11.1 Å². The summed E-state index contributed by atoms with van der Waals surface area (Å²) in [5.74, 6) is -0.449. The molecular formula is C22H26N2O4. The minimum Gasteiger partial charge on any atom is -0.506 e. The third kappa shape index (κ3) is 3.67. The van der Waals surface area contributed by atoms with Crippen molar-refractivity contribution >= 4 is 23.2 Å². The number of fused-ring (bicyclic) bond motifs is 1. The van der Waals surface area contributed by atoms with Gasteiger partial charge in [-0.3, -0.25) is 9.78 Å². The van der Waals surface area contributed by atoms with E-state index in [-0.39, 0.29) is 16.6 Å². The van der Waals surface area contributed by atoms with Gasteiger partial charge in [0.2, 0.25) is 6.41 Å². The first kappa shape index (κ1) is 19.7. The molecule has 6 nitrogen and oxygen atoms in total. The highest BCUT2D eigenvalue weighted by molar-refractivity contribution is 5.81. The number of hydrogen-bond acceptors (Lipinski definition) is 4. The summed E-state index contributed by atoms with van der Waals surface area (Å²) in [6, 6.07) is 9.22. The molecule has 0 aliphatic carbocycles. The number of carbonyl (C=O) groups is 1. The summed E-state index contributed by atoms with van der Waals surface area (Å²) >= 11 is 0. The lowest BCUT2D eigenvalue weighted by molar-refractivity contribution is -0.105. The molecule has 3 aromatic rings. The SMILES string of the molecule is CC(C)(C)c1ccc(CC(C)(C)c2ccc(O)c(NC=O)c2)c2[nH]c(=O)oc12. The zero-order valence-corrected chi connectivity index (χ0v) is 16.8. The molecule has 3 N–H and O–H groups in total. The van der Waals surface area contributed by atoms with Gasteiger partial charge in [0.1, 0.15) is 5.75 Å². The van der Waals surface area contributed by atoms with Crippen LogP contribution in [0.5, 0.6) is 5.75 Å². The normalized spacial score (nSPS) is 12.3. The highest BCUT2D eigenvalue weighted by Crippen LogP contribution is 2.36. The summed E-state index contributed by atoms with van der Waals surface area (Å²) in [7, 11) is 0. The first-order chi connectivity index (χ1) is 13.0. The molecule has 0 atom stereocenters. The van der Waals surface area contributed by atoms with Crippen molar-refractivity contribution in [1.29, 1.82) is 0 Å². The third-order valence-electron chi connectivity index (χ3n) is 5.10. The van der Waals surface area contributed by atoms with Gasteiger partial charge in [0.25, 0.3) is 0 Å². The second-order valence-corrected chi connectivity index (χ2v) is 8.80. The average molecular weight is 382 g/mol. The Balaban J connectivity index is 2.06. The molecule has 0 bridgehead atoms. The van der Waals surface area contributed by atoms with Crippen LogP contribution in [0.1, 0.15) is 51.3 Å². The summed E-state index contributed by atoms with van der Waals surface area (Å²) < 4.78 is 5.46. The van der Waals surface area contributed by atoms with Crippen molar-refractivity contribution in [2.75, 3.05) is 5.32 Å². The van der Waals surface area contributed by atoms with Crippen molar-refractivity contribution in [1.82, 2.24) is 4.98 Å². The molecule has 0 aliphatic heterocycles. The zero-order chi connectivity index (χ0) is 20.7. The summed E-state index contributed by atoms with van der Waals surface area (Å²) in [5, 5.41) is 12.4. The van der Waals surface area contributed by atoms with E-state index in [1.54, 1.807) is 12.1 Å². The maximum Gasteiger partial charge on any atom is 0.417 e. The molecule has 0 fully saturated rings. The Morgan fingerprint density at radius 3 is 2.50 bits per heavy atom. The van der Waals surface area contributed by atoms with Gasteiger partial charge in [-0.2, -0.15) is 0 Å². The van der Waals surface area contributed by atoms with Crippen LogP contribution in [0, 0.1) is 0 Å². The molecule has 0 spiro atoms. The van der Waals surface area contributed by atoms with E-state index in [9.17, 15) is 14.7 Å². The number of benzene rings is 2. The van der Waals surface area contributed by atoms with Crippen molar-refractivity contribution in [3.63, 3.8) is 0 Å². The van der Waals surface area contributed by atoms with Crippen LogP contribution in [-0.2, 0) is 22.0 Å². The first-order valence-corrected chi connectivity index (χ1v) is 9.22. The van der Waals surface area contributed by atoms with E-state index >= 15 is 0 Å². The lowest BCUT2D eigenvalue weighted by Gasteiger charge is -2.27. The molecule has 0 saturated heterocycles. The van der Waals surface area contributed by atoms with E-state index in [1.807, 2.05) is 18.2 Å². The van der Waals surface area contributed by atoms with E-state index in [4.69, 9.17) is 4.42 Å². The molecule has 1 amide bonds. The quantitative estimate of drug-likeness (QED) is 0.455. The lowest BCUT2D eigenvalue weighted by atomic mass is 9.78. The number of anilines is 1. The van der Waals surface area contributed by atoms with Gasteiger partial charge in [0, 0.05) is 5.56 Å². The molecule has 3 rings (SSSR count). The smallest absolute Gasteiger partial charge is 0.417 e. The van der Waals surface area contributed by atoms with Gasteiger partial charge in [-0.25, -0.2) is 4.79 Å². The van der Waals surface area contributed by atoms with E-state index in [1.165, 1.54) is 0 Å². The number of phenolic OH excluding ortho intramolecular Hbond substituents is 1. The monoisotopic (exact) mass is 382 g/mol. The first-order valence-electron chi connectivity index (χ1n) is 9.22. The number of amides is 1. The van der Waals surface area contributed by atoms with Gasteiger partial charge in [-0.05, 0) is 40.5 Å². The number of aromatic amines is 1. The molecule has 2 aromatic carbocycles. The molecule has 0 unspecified atom stereocenters. The lowest BCUT2D eigenvalue weighted by Crippen LogP contribution is -2.21. The number of hydrogen-bond donors (Lipinski definition) is 3. The number of nitrogens with one attached hydrogen (secondary N) is 2. The van der Waals surface area contributed by atoms with Crippen LogP contribution in [-0.4, -0.2) is 16.5 Å².